The average Bonchev–Trinajstić information content (AvgIpc) is 2.62. The SMILES string of the molecule is CC1CC(C)CC(C(N)C2CCOC2C)C1. The summed E-state index contributed by atoms with van der Waals surface area (Å²) in [4.78, 5) is 0. The fourth-order valence-corrected chi connectivity index (χ4v) is 3.93. The summed E-state index contributed by atoms with van der Waals surface area (Å²) in [6.45, 7) is 7.86. The van der Waals surface area contributed by atoms with E-state index in [1.807, 2.05) is 0 Å². The van der Waals surface area contributed by atoms with Gasteiger partial charge in [-0.15, -0.1) is 0 Å². The highest BCUT2D eigenvalue weighted by Crippen LogP contribution is 2.38. The summed E-state index contributed by atoms with van der Waals surface area (Å²) in [6.07, 6.45) is 5.59. The average molecular weight is 225 g/mol. The predicted octanol–water partition coefficient (Wildman–Crippen LogP) is 2.81. The second-order valence-electron chi connectivity index (χ2n) is 6.28. The van der Waals surface area contributed by atoms with Gasteiger partial charge >= 0.3 is 0 Å². The highest BCUT2D eigenvalue weighted by atomic mass is 16.5. The third-order valence-corrected chi connectivity index (χ3v) is 4.69. The molecule has 0 amide bonds. The predicted molar refractivity (Wildman–Crippen MR) is 67.2 cm³/mol. The van der Waals surface area contributed by atoms with Crippen molar-refractivity contribution in [2.24, 2.45) is 29.4 Å². The highest BCUT2D eigenvalue weighted by molar-refractivity contribution is 4.90. The first kappa shape index (κ1) is 12.4. The van der Waals surface area contributed by atoms with Gasteiger partial charge in [-0.2, -0.15) is 0 Å². The summed E-state index contributed by atoms with van der Waals surface area (Å²) in [5.74, 6) is 3.05. The lowest BCUT2D eigenvalue weighted by molar-refractivity contribution is 0.0813. The zero-order valence-corrected chi connectivity index (χ0v) is 11.0. The van der Waals surface area contributed by atoms with E-state index >= 15 is 0 Å². The van der Waals surface area contributed by atoms with Crippen LogP contribution in [0, 0.1) is 23.7 Å². The van der Waals surface area contributed by atoms with Crippen molar-refractivity contribution >= 4 is 0 Å². The molecule has 5 unspecified atom stereocenters. The van der Waals surface area contributed by atoms with Gasteiger partial charge in [0, 0.05) is 18.6 Å². The first-order chi connectivity index (χ1) is 7.58. The molecule has 0 aromatic heterocycles. The molecule has 0 bridgehead atoms. The van der Waals surface area contributed by atoms with Gasteiger partial charge in [0.15, 0.2) is 0 Å². The molecule has 16 heavy (non-hydrogen) atoms. The van der Waals surface area contributed by atoms with Crippen LogP contribution in [0.15, 0.2) is 0 Å². The molecule has 94 valence electrons. The first-order valence-electron chi connectivity index (χ1n) is 6.95. The van der Waals surface area contributed by atoms with Gasteiger partial charge in [-0.05, 0) is 50.4 Å². The minimum absolute atomic E-state index is 0.364. The molecule has 2 N–H and O–H groups in total. The lowest BCUT2D eigenvalue weighted by Gasteiger charge is -2.38. The van der Waals surface area contributed by atoms with E-state index in [9.17, 15) is 0 Å². The molecule has 2 rings (SSSR count). The smallest absolute Gasteiger partial charge is 0.0590 e. The maximum atomic E-state index is 6.49. The van der Waals surface area contributed by atoms with Gasteiger partial charge in [0.05, 0.1) is 6.10 Å². The summed E-state index contributed by atoms with van der Waals surface area (Å²) < 4.78 is 5.65. The zero-order valence-electron chi connectivity index (χ0n) is 11.0. The van der Waals surface area contributed by atoms with Gasteiger partial charge in [-0.25, -0.2) is 0 Å². The van der Waals surface area contributed by atoms with Crippen LogP contribution in [0.1, 0.15) is 46.5 Å². The molecule has 0 aromatic rings. The maximum Gasteiger partial charge on any atom is 0.0590 e. The second-order valence-corrected chi connectivity index (χ2v) is 6.28. The van der Waals surface area contributed by atoms with Crippen molar-refractivity contribution < 1.29 is 4.74 Å². The van der Waals surface area contributed by atoms with Crippen LogP contribution in [0.3, 0.4) is 0 Å². The summed E-state index contributed by atoms with van der Waals surface area (Å²) in [5.41, 5.74) is 6.49. The lowest BCUT2D eigenvalue weighted by atomic mass is 9.70. The standard InChI is InChI=1S/C14H27NO/c1-9-6-10(2)8-12(7-9)14(15)13-4-5-16-11(13)3/h9-14H,4-8,15H2,1-3H3. The van der Waals surface area contributed by atoms with E-state index in [-0.39, 0.29) is 0 Å². The molecule has 1 aliphatic carbocycles. The molecule has 2 aliphatic rings. The van der Waals surface area contributed by atoms with Crippen LogP contribution in [0.2, 0.25) is 0 Å². The minimum Gasteiger partial charge on any atom is -0.378 e. The van der Waals surface area contributed by atoms with Gasteiger partial charge in [0.25, 0.3) is 0 Å². The Morgan fingerprint density at radius 3 is 2.19 bits per heavy atom. The number of ether oxygens (including phenoxy) is 1. The molecule has 0 spiro atoms. The van der Waals surface area contributed by atoms with E-state index in [0.717, 1.165) is 24.4 Å². The van der Waals surface area contributed by atoms with Crippen molar-refractivity contribution in [2.45, 2.75) is 58.6 Å². The van der Waals surface area contributed by atoms with Gasteiger partial charge in [0.2, 0.25) is 0 Å². The van der Waals surface area contributed by atoms with Crippen molar-refractivity contribution in [3.63, 3.8) is 0 Å². The van der Waals surface area contributed by atoms with Gasteiger partial charge < -0.3 is 10.5 Å². The van der Waals surface area contributed by atoms with Crippen molar-refractivity contribution in [1.82, 2.24) is 0 Å². The van der Waals surface area contributed by atoms with E-state index in [1.54, 1.807) is 0 Å². The lowest BCUT2D eigenvalue weighted by Crippen LogP contribution is -2.43. The van der Waals surface area contributed by atoms with Crippen molar-refractivity contribution in [3.8, 4) is 0 Å². The molecule has 5 atom stereocenters. The van der Waals surface area contributed by atoms with Crippen LogP contribution in [0.4, 0.5) is 0 Å². The summed E-state index contributed by atoms with van der Waals surface area (Å²) in [5, 5.41) is 0. The molecule has 2 heteroatoms. The normalized spacial score (nSPS) is 46.9. The van der Waals surface area contributed by atoms with Crippen LogP contribution < -0.4 is 5.73 Å². The fraction of sp³-hybridized carbons (Fsp3) is 1.00. The molecule has 0 radical (unpaired) electrons. The topological polar surface area (TPSA) is 35.2 Å². The van der Waals surface area contributed by atoms with Crippen LogP contribution in [-0.2, 0) is 4.74 Å². The van der Waals surface area contributed by atoms with Gasteiger partial charge in [0.1, 0.15) is 0 Å². The molecular weight excluding hydrogens is 198 g/mol. The largest absolute Gasteiger partial charge is 0.378 e. The van der Waals surface area contributed by atoms with Crippen molar-refractivity contribution in [2.75, 3.05) is 6.61 Å². The zero-order chi connectivity index (χ0) is 11.7. The third kappa shape index (κ3) is 2.60. The van der Waals surface area contributed by atoms with Crippen molar-refractivity contribution in [3.05, 3.63) is 0 Å². The Balaban J connectivity index is 1.95. The Morgan fingerprint density at radius 1 is 1.06 bits per heavy atom. The number of hydrogen-bond acceptors (Lipinski definition) is 2. The van der Waals surface area contributed by atoms with E-state index in [2.05, 4.69) is 20.8 Å². The molecule has 2 nitrogen and oxygen atoms in total. The van der Waals surface area contributed by atoms with Crippen LogP contribution in [0.5, 0.6) is 0 Å². The summed E-state index contributed by atoms with van der Waals surface area (Å²) in [7, 11) is 0. The maximum absolute atomic E-state index is 6.49. The summed E-state index contributed by atoms with van der Waals surface area (Å²) >= 11 is 0. The second kappa shape index (κ2) is 5.05. The molecule has 1 saturated heterocycles. The van der Waals surface area contributed by atoms with Gasteiger partial charge in [-0.3, -0.25) is 0 Å². The Bertz CT molecular complexity index is 221. The first-order valence-corrected chi connectivity index (χ1v) is 6.95. The molecular formula is C14H27NO. The number of rotatable bonds is 2. The Labute approximate surface area is 99.9 Å². The molecule has 1 aliphatic heterocycles. The summed E-state index contributed by atoms with van der Waals surface area (Å²) in [6, 6.07) is 0.364. The third-order valence-electron chi connectivity index (χ3n) is 4.69. The van der Waals surface area contributed by atoms with Crippen LogP contribution >= 0.6 is 0 Å². The van der Waals surface area contributed by atoms with Crippen LogP contribution in [-0.4, -0.2) is 18.8 Å². The monoisotopic (exact) mass is 225 g/mol. The molecule has 1 saturated carbocycles. The van der Waals surface area contributed by atoms with E-state index in [1.165, 1.54) is 25.7 Å². The Hall–Kier alpha value is -0.0800. The molecule has 1 heterocycles. The highest BCUT2D eigenvalue weighted by Gasteiger charge is 2.36. The fourth-order valence-electron chi connectivity index (χ4n) is 3.93. The molecule has 2 fully saturated rings. The van der Waals surface area contributed by atoms with E-state index in [0.29, 0.717) is 18.1 Å². The van der Waals surface area contributed by atoms with Crippen LogP contribution in [0.25, 0.3) is 0 Å². The number of nitrogens with two attached hydrogens (primary N) is 1. The quantitative estimate of drug-likeness (QED) is 0.784. The minimum atomic E-state index is 0.364. The Kier molecular flexibility index (Phi) is 3.91. The molecule has 0 aromatic carbocycles. The number of hydrogen-bond donors (Lipinski definition) is 1. The van der Waals surface area contributed by atoms with Crippen molar-refractivity contribution in [1.29, 1.82) is 0 Å². The van der Waals surface area contributed by atoms with E-state index < -0.39 is 0 Å². The Morgan fingerprint density at radius 2 is 1.69 bits per heavy atom. The van der Waals surface area contributed by atoms with E-state index in [4.69, 9.17) is 10.5 Å². The van der Waals surface area contributed by atoms with Gasteiger partial charge in [-0.1, -0.05) is 13.8 Å².